The highest BCUT2D eigenvalue weighted by atomic mass is 32.1. The minimum Gasteiger partial charge on any atom is -0.368 e. The Kier molecular flexibility index (Phi) is 3.47. The van der Waals surface area contributed by atoms with Gasteiger partial charge >= 0.3 is 5.00 Å². The number of hydrogen-bond acceptors (Lipinski definition) is 10. The lowest BCUT2D eigenvalue weighted by Gasteiger charge is -1.99. The Hall–Kier alpha value is -2.82. The maximum atomic E-state index is 10.5. The van der Waals surface area contributed by atoms with Crippen LogP contribution in [0.15, 0.2) is 17.2 Å². The van der Waals surface area contributed by atoms with Gasteiger partial charge in [0.25, 0.3) is 0 Å². The molecule has 0 aliphatic carbocycles. The average molecular weight is 280 g/mol. The van der Waals surface area contributed by atoms with Crippen LogP contribution in [0.3, 0.4) is 0 Å². The molecule has 2 aromatic heterocycles. The molecule has 2 aromatic rings. The summed E-state index contributed by atoms with van der Waals surface area (Å²) in [6, 6.07) is 2.97. The summed E-state index contributed by atoms with van der Waals surface area (Å²) in [6.45, 7) is 0. The number of nitrogens with one attached hydrogen (secondary N) is 1. The molecule has 0 unspecified atom stereocenters. The third-order valence-corrected chi connectivity index (χ3v) is 2.79. The van der Waals surface area contributed by atoms with E-state index in [1.54, 1.807) is 6.07 Å². The van der Waals surface area contributed by atoms with E-state index < -0.39 is 4.92 Å². The topological polar surface area (TPSA) is 158 Å². The number of anilines is 3. The Labute approximate surface area is 110 Å². The van der Waals surface area contributed by atoms with E-state index in [1.807, 2.05) is 0 Å². The van der Waals surface area contributed by atoms with E-state index in [0.29, 0.717) is 4.88 Å². The molecule has 0 atom stereocenters. The fourth-order valence-electron chi connectivity index (χ4n) is 1.12. The van der Waals surface area contributed by atoms with Gasteiger partial charge in [-0.15, -0.1) is 0 Å². The predicted molar refractivity (Wildman–Crippen MR) is 70.8 cm³/mol. The summed E-state index contributed by atoms with van der Waals surface area (Å²) in [4.78, 5) is 21.7. The van der Waals surface area contributed by atoms with Crippen molar-refractivity contribution in [3.05, 3.63) is 27.1 Å². The lowest BCUT2D eigenvalue weighted by atomic mass is 10.5. The van der Waals surface area contributed by atoms with Gasteiger partial charge in [0.1, 0.15) is 0 Å². The Bertz CT molecular complexity index is 619. The third-order valence-electron chi connectivity index (χ3n) is 1.82. The fraction of sp³-hybridized carbons (Fsp3) is 0. The normalized spacial score (nSPS) is 10.7. The SMILES string of the molecule is Nc1nc(N)nc(N/N=C\c2ccc([N+](=O)[O-])s2)n1. The zero-order valence-electron chi connectivity index (χ0n) is 9.35. The van der Waals surface area contributed by atoms with E-state index >= 15 is 0 Å². The van der Waals surface area contributed by atoms with E-state index in [4.69, 9.17) is 11.5 Å². The van der Waals surface area contributed by atoms with Crippen LogP contribution in [0.4, 0.5) is 22.8 Å². The molecule has 0 amide bonds. The number of nitrogen functional groups attached to an aromatic ring is 2. The fourth-order valence-corrected chi connectivity index (χ4v) is 1.82. The van der Waals surface area contributed by atoms with Gasteiger partial charge in [0.2, 0.25) is 17.8 Å². The van der Waals surface area contributed by atoms with Crippen molar-refractivity contribution in [3.63, 3.8) is 0 Å². The molecule has 98 valence electrons. The quantitative estimate of drug-likeness (QED) is 0.413. The van der Waals surface area contributed by atoms with Crippen LogP contribution < -0.4 is 16.9 Å². The Balaban J connectivity index is 2.04. The number of nitrogens with two attached hydrogens (primary N) is 2. The van der Waals surface area contributed by atoms with Crippen LogP contribution in [-0.4, -0.2) is 26.1 Å². The molecule has 0 saturated carbocycles. The molecule has 19 heavy (non-hydrogen) atoms. The van der Waals surface area contributed by atoms with Crippen molar-refractivity contribution in [3.8, 4) is 0 Å². The van der Waals surface area contributed by atoms with Crippen molar-refractivity contribution in [2.24, 2.45) is 5.10 Å². The van der Waals surface area contributed by atoms with Gasteiger partial charge in [0.05, 0.1) is 16.0 Å². The average Bonchev–Trinajstić information content (AvgIpc) is 2.76. The highest BCUT2D eigenvalue weighted by Crippen LogP contribution is 2.22. The molecule has 0 bridgehead atoms. The van der Waals surface area contributed by atoms with Gasteiger partial charge in [0, 0.05) is 6.07 Å². The molecule has 11 heteroatoms. The standard InChI is InChI=1S/C8H8N8O2S/c9-6-12-7(10)14-8(13-6)15-11-3-4-1-2-5(19-4)16(17)18/h1-3H,(H5,9,10,12,13,14,15)/b11-3-. The molecule has 2 rings (SSSR count). The number of hydrogen-bond donors (Lipinski definition) is 3. The lowest BCUT2D eigenvalue weighted by Crippen LogP contribution is -2.06. The van der Waals surface area contributed by atoms with Crippen LogP contribution in [0.2, 0.25) is 0 Å². The molecule has 2 heterocycles. The minimum absolute atomic E-state index is 0.0306. The summed E-state index contributed by atoms with van der Waals surface area (Å²) in [5.74, 6) is 0.0289. The Morgan fingerprint density at radius 2 is 2.00 bits per heavy atom. The van der Waals surface area contributed by atoms with E-state index in [0.717, 1.165) is 11.3 Å². The number of aromatic nitrogens is 3. The van der Waals surface area contributed by atoms with E-state index in [2.05, 4.69) is 25.5 Å². The van der Waals surface area contributed by atoms with Crippen LogP contribution in [0.25, 0.3) is 0 Å². The molecule has 0 saturated heterocycles. The van der Waals surface area contributed by atoms with Gasteiger partial charge in [-0.3, -0.25) is 10.1 Å². The zero-order valence-corrected chi connectivity index (χ0v) is 10.2. The largest absolute Gasteiger partial charge is 0.368 e. The Morgan fingerprint density at radius 3 is 2.58 bits per heavy atom. The molecular formula is C8H8N8O2S. The van der Waals surface area contributed by atoms with Crippen molar-refractivity contribution < 1.29 is 4.92 Å². The molecule has 0 aliphatic heterocycles. The summed E-state index contributed by atoms with van der Waals surface area (Å²) in [7, 11) is 0. The van der Waals surface area contributed by atoms with Crippen LogP contribution in [0.1, 0.15) is 4.88 Å². The molecular weight excluding hydrogens is 272 g/mol. The number of thiophene rings is 1. The number of nitro groups is 1. The van der Waals surface area contributed by atoms with Crippen LogP contribution in [0, 0.1) is 10.1 Å². The van der Waals surface area contributed by atoms with Crippen molar-refractivity contribution in [2.45, 2.75) is 0 Å². The molecule has 5 N–H and O–H groups in total. The molecule has 0 radical (unpaired) electrons. The van der Waals surface area contributed by atoms with Gasteiger partial charge in [-0.1, -0.05) is 11.3 Å². The highest BCUT2D eigenvalue weighted by molar-refractivity contribution is 7.16. The van der Waals surface area contributed by atoms with Crippen molar-refractivity contribution in [1.82, 2.24) is 15.0 Å². The number of nitrogens with zero attached hydrogens (tertiary/aromatic N) is 5. The van der Waals surface area contributed by atoms with Crippen molar-refractivity contribution in [1.29, 1.82) is 0 Å². The summed E-state index contributed by atoms with van der Waals surface area (Å²) < 4.78 is 0. The monoisotopic (exact) mass is 280 g/mol. The van der Waals surface area contributed by atoms with Crippen LogP contribution in [-0.2, 0) is 0 Å². The van der Waals surface area contributed by atoms with Gasteiger partial charge in [-0.05, 0) is 6.07 Å². The number of hydrazone groups is 1. The summed E-state index contributed by atoms with van der Waals surface area (Å²) in [6.07, 6.45) is 1.40. The van der Waals surface area contributed by atoms with Gasteiger partial charge in [-0.25, -0.2) is 5.43 Å². The molecule has 10 nitrogen and oxygen atoms in total. The minimum atomic E-state index is -0.469. The van der Waals surface area contributed by atoms with E-state index in [-0.39, 0.29) is 22.8 Å². The molecule has 0 aromatic carbocycles. The summed E-state index contributed by atoms with van der Waals surface area (Å²) >= 11 is 0.991. The first-order valence-electron chi connectivity index (χ1n) is 4.85. The summed E-state index contributed by atoms with van der Waals surface area (Å²) in [5, 5.41) is 14.3. The first kappa shape index (κ1) is 12.6. The van der Waals surface area contributed by atoms with Gasteiger partial charge < -0.3 is 11.5 Å². The van der Waals surface area contributed by atoms with E-state index in [1.165, 1.54) is 12.3 Å². The number of rotatable bonds is 4. The lowest BCUT2D eigenvalue weighted by molar-refractivity contribution is -0.380. The maximum absolute atomic E-state index is 10.5. The second kappa shape index (κ2) is 5.22. The van der Waals surface area contributed by atoms with Crippen molar-refractivity contribution in [2.75, 3.05) is 16.9 Å². The first-order valence-corrected chi connectivity index (χ1v) is 5.66. The second-order valence-corrected chi connectivity index (χ2v) is 4.27. The van der Waals surface area contributed by atoms with Gasteiger partial charge in [-0.2, -0.15) is 20.1 Å². The van der Waals surface area contributed by atoms with Crippen LogP contribution >= 0.6 is 11.3 Å². The Morgan fingerprint density at radius 1 is 1.32 bits per heavy atom. The first-order chi connectivity index (χ1) is 9.04. The van der Waals surface area contributed by atoms with Gasteiger partial charge in [0.15, 0.2) is 0 Å². The van der Waals surface area contributed by atoms with E-state index in [9.17, 15) is 10.1 Å². The second-order valence-electron chi connectivity index (χ2n) is 3.18. The molecule has 0 spiro atoms. The highest BCUT2D eigenvalue weighted by Gasteiger charge is 2.08. The molecule has 0 fully saturated rings. The summed E-state index contributed by atoms with van der Waals surface area (Å²) in [5.41, 5.74) is 13.2. The zero-order chi connectivity index (χ0) is 13.8. The molecule has 0 aliphatic rings. The third kappa shape index (κ3) is 3.32. The predicted octanol–water partition coefficient (Wildman–Crippen LogP) is 0.452. The van der Waals surface area contributed by atoms with Crippen molar-refractivity contribution >= 4 is 40.4 Å². The maximum Gasteiger partial charge on any atom is 0.324 e. The smallest absolute Gasteiger partial charge is 0.324 e. The van der Waals surface area contributed by atoms with Crippen LogP contribution in [0.5, 0.6) is 0 Å².